The zero-order valence-corrected chi connectivity index (χ0v) is 13.9. The number of hydrogen-bond donors (Lipinski definition) is 0. The predicted octanol–water partition coefficient (Wildman–Crippen LogP) is 0.628. The Balaban J connectivity index is 1.48. The van der Waals surface area contributed by atoms with Crippen LogP contribution >= 0.6 is 0 Å². The van der Waals surface area contributed by atoms with Gasteiger partial charge in [-0.25, -0.2) is 4.98 Å². The number of aromatic nitrogens is 3. The van der Waals surface area contributed by atoms with Crippen LogP contribution in [0.15, 0.2) is 12.7 Å². The minimum Gasteiger partial charge on any atom is -0.379 e. The van der Waals surface area contributed by atoms with Gasteiger partial charge in [-0.2, -0.15) is 5.10 Å². The minimum absolute atomic E-state index is 0.277. The van der Waals surface area contributed by atoms with Crippen LogP contribution in [0.1, 0.15) is 26.2 Å². The van der Waals surface area contributed by atoms with Gasteiger partial charge >= 0.3 is 0 Å². The lowest BCUT2D eigenvalue weighted by Crippen LogP contribution is -2.47. The fourth-order valence-electron chi connectivity index (χ4n) is 3.68. The SMILES string of the molecule is CC[C@@H]1CN(C(=O)CCCn2cncn2)C[C@H]1N1CCOCC1. The van der Waals surface area contributed by atoms with Crippen molar-refractivity contribution in [3.63, 3.8) is 0 Å². The highest BCUT2D eigenvalue weighted by Crippen LogP contribution is 2.26. The second kappa shape index (κ2) is 7.88. The third-order valence-corrected chi connectivity index (χ3v) is 5.04. The monoisotopic (exact) mass is 321 g/mol. The Morgan fingerprint density at radius 2 is 2.13 bits per heavy atom. The van der Waals surface area contributed by atoms with Crippen LogP contribution in [0.3, 0.4) is 0 Å². The number of nitrogens with zero attached hydrogens (tertiary/aromatic N) is 5. The molecule has 3 heterocycles. The maximum atomic E-state index is 12.5. The first kappa shape index (κ1) is 16.4. The molecule has 0 radical (unpaired) electrons. The van der Waals surface area contributed by atoms with Crippen LogP contribution in [0, 0.1) is 5.92 Å². The van der Waals surface area contributed by atoms with E-state index in [2.05, 4.69) is 26.8 Å². The van der Waals surface area contributed by atoms with Crippen LogP contribution in [0.4, 0.5) is 0 Å². The Labute approximate surface area is 137 Å². The van der Waals surface area contributed by atoms with Crippen molar-refractivity contribution >= 4 is 5.91 Å². The highest BCUT2D eigenvalue weighted by molar-refractivity contribution is 5.76. The summed E-state index contributed by atoms with van der Waals surface area (Å²) in [6, 6.07) is 0.503. The van der Waals surface area contributed by atoms with Gasteiger partial charge in [0.15, 0.2) is 0 Å². The Hall–Kier alpha value is -1.47. The lowest BCUT2D eigenvalue weighted by Gasteiger charge is -2.34. The van der Waals surface area contributed by atoms with Crippen molar-refractivity contribution in [2.24, 2.45) is 5.92 Å². The summed E-state index contributed by atoms with van der Waals surface area (Å²) in [7, 11) is 0. The van der Waals surface area contributed by atoms with Gasteiger partial charge in [0, 0.05) is 45.2 Å². The van der Waals surface area contributed by atoms with Crippen molar-refractivity contribution in [3.05, 3.63) is 12.7 Å². The van der Waals surface area contributed by atoms with Gasteiger partial charge in [-0.3, -0.25) is 14.4 Å². The number of amides is 1. The summed E-state index contributed by atoms with van der Waals surface area (Å²) in [5, 5.41) is 4.07. The number of hydrogen-bond acceptors (Lipinski definition) is 5. The molecule has 2 aliphatic heterocycles. The van der Waals surface area contributed by atoms with Gasteiger partial charge in [-0.1, -0.05) is 13.3 Å². The molecule has 0 unspecified atom stereocenters. The fourth-order valence-corrected chi connectivity index (χ4v) is 3.68. The Morgan fingerprint density at radius 3 is 2.83 bits per heavy atom. The zero-order chi connectivity index (χ0) is 16.1. The maximum Gasteiger partial charge on any atom is 0.222 e. The molecule has 0 saturated carbocycles. The third kappa shape index (κ3) is 4.09. The molecule has 1 aromatic heterocycles. The van der Waals surface area contributed by atoms with Crippen LogP contribution in [0.2, 0.25) is 0 Å². The minimum atomic E-state index is 0.277. The van der Waals surface area contributed by atoms with Crippen molar-refractivity contribution in [2.45, 2.75) is 38.8 Å². The molecular formula is C16H27N5O2. The first-order valence-electron chi connectivity index (χ1n) is 8.70. The molecular weight excluding hydrogens is 294 g/mol. The number of carbonyl (C=O) groups excluding carboxylic acids is 1. The molecule has 128 valence electrons. The van der Waals surface area contributed by atoms with Crippen LogP contribution in [-0.4, -0.2) is 75.9 Å². The van der Waals surface area contributed by atoms with E-state index in [1.54, 1.807) is 11.0 Å². The summed E-state index contributed by atoms with van der Waals surface area (Å²) >= 11 is 0. The maximum absolute atomic E-state index is 12.5. The van der Waals surface area contributed by atoms with E-state index in [0.29, 0.717) is 18.4 Å². The van der Waals surface area contributed by atoms with Crippen molar-refractivity contribution < 1.29 is 9.53 Å². The Bertz CT molecular complexity index is 487. The standard InChI is InChI=1S/C16H27N5O2/c1-2-14-10-20(11-15(14)19-6-8-23-9-7-19)16(22)4-3-5-21-13-17-12-18-21/h12-15H,2-11H2,1H3/t14-,15-/m1/s1. The lowest BCUT2D eigenvalue weighted by atomic mass is 9.99. The molecule has 7 nitrogen and oxygen atoms in total. The van der Waals surface area contributed by atoms with E-state index >= 15 is 0 Å². The summed E-state index contributed by atoms with van der Waals surface area (Å²) in [6.45, 7) is 8.39. The summed E-state index contributed by atoms with van der Waals surface area (Å²) in [5.74, 6) is 0.867. The molecule has 0 aliphatic carbocycles. The molecule has 0 bridgehead atoms. The zero-order valence-electron chi connectivity index (χ0n) is 13.9. The molecule has 0 N–H and O–H groups in total. The van der Waals surface area contributed by atoms with Gasteiger partial charge < -0.3 is 9.64 Å². The Kier molecular flexibility index (Phi) is 5.61. The van der Waals surface area contributed by atoms with Crippen molar-refractivity contribution in [1.82, 2.24) is 24.6 Å². The number of ether oxygens (including phenoxy) is 1. The normalized spacial score (nSPS) is 25.9. The van der Waals surface area contributed by atoms with Gasteiger partial charge in [0.05, 0.1) is 13.2 Å². The third-order valence-electron chi connectivity index (χ3n) is 5.04. The summed E-state index contributed by atoms with van der Waals surface area (Å²) < 4.78 is 7.24. The summed E-state index contributed by atoms with van der Waals surface area (Å²) in [5.41, 5.74) is 0. The van der Waals surface area contributed by atoms with E-state index in [9.17, 15) is 4.79 Å². The average molecular weight is 321 g/mol. The summed E-state index contributed by atoms with van der Waals surface area (Å²) in [6.07, 6.45) is 5.76. The van der Waals surface area contributed by atoms with E-state index in [4.69, 9.17) is 4.74 Å². The van der Waals surface area contributed by atoms with E-state index in [0.717, 1.165) is 58.8 Å². The first-order chi connectivity index (χ1) is 11.3. The number of rotatable bonds is 6. The second-order valence-corrected chi connectivity index (χ2v) is 6.44. The molecule has 2 saturated heterocycles. The number of likely N-dealkylation sites (tertiary alicyclic amines) is 1. The molecule has 2 atom stereocenters. The molecule has 1 amide bonds. The Morgan fingerprint density at radius 1 is 1.30 bits per heavy atom. The molecule has 23 heavy (non-hydrogen) atoms. The summed E-state index contributed by atoms with van der Waals surface area (Å²) in [4.78, 5) is 21.0. The first-order valence-corrected chi connectivity index (χ1v) is 8.70. The van der Waals surface area contributed by atoms with Crippen LogP contribution < -0.4 is 0 Å². The molecule has 2 aliphatic rings. The van der Waals surface area contributed by atoms with E-state index in [1.807, 2.05) is 0 Å². The second-order valence-electron chi connectivity index (χ2n) is 6.44. The van der Waals surface area contributed by atoms with Gasteiger partial charge in [0.2, 0.25) is 5.91 Å². The van der Waals surface area contributed by atoms with E-state index in [-0.39, 0.29) is 5.91 Å². The molecule has 7 heteroatoms. The molecule has 1 aromatic rings. The molecule has 0 aromatic carbocycles. The quantitative estimate of drug-likeness (QED) is 0.769. The van der Waals surface area contributed by atoms with Crippen molar-refractivity contribution in [3.8, 4) is 0 Å². The van der Waals surface area contributed by atoms with Gasteiger partial charge in [-0.15, -0.1) is 0 Å². The number of morpholine rings is 1. The van der Waals surface area contributed by atoms with Gasteiger partial charge in [0.25, 0.3) is 0 Å². The van der Waals surface area contributed by atoms with Crippen LogP contribution in [0.5, 0.6) is 0 Å². The molecule has 3 rings (SSSR count). The topological polar surface area (TPSA) is 63.5 Å². The fraction of sp³-hybridized carbons (Fsp3) is 0.812. The van der Waals surface area contributed by atoms with Crippen molar-refractivity contribution in [2.75, 3.05) is 39.4 Å². The van der Waals surface area contributed by atoms with Crippen molar-refractivity contribution in [1.29, 1.82) is 0 Å². The van der Waals surface area contributed by atoms with Gasteiger partial charge in [-0.05, 0) is 12.3 Å². The predicted molar refractivity (Wildman–Crippen MR) is 85.8 cm³/mol. The smallest absolute Gasteiger partial charge is 0.222 e. The van der Waals surface area contributed by atoms with E-state index < -0.39 is 0 Å². The average Bonchev–Trinajstić information content (AvgIpc) is 3.25. The number of aryl methyl sites for hydroxylation is 1. The molecule has 2 fully saturated rings. The van der Waals surface area contributed by atoms with Crippen LogP contribution in [0.25, 0.3) is 0 Å². The molecule has 0 spiro atoms. The van der Waals surface area contributed by atoms with Gasteiger partial charge in [0.1, 0.15) is 12.7 Å². The van der Waals surface area contributed by atoms with E-state index in [1.165, 1.54) is 6.33 Å². The highest BCUT2D eigenvalue weighted by atomic mass is 16.5. The van der Waals surface area contributed by atoms with Crippen LogP contribution in [-0.2, 0) is 16.1 Å². The highest BCUT2D eigenvalue weighted by Gasteiger charge is 2.37. The number of carbonyl (C=O) groups is 1. The largest absolute Gasteiger partial charge is 0.379 e. The lowest BCUT2D eigenvalue weighted by molar-refractivity contribution is -0.130.